The molecule has 0 spiro atoms. The SMILES string of the molecule is CC(Cl)c1nc2cc(Cl)ccc2n1C1CCN(Cc2ccccc2)CC1. The molecule has 3 nitrogen and oxygen atoms in total. The fourth-order valence-corrected chi connectivity index (χ4v) is 4.25. The number of hydrogen-bond donors (Lipinski definition) is 0. The molecule has 0 N–H and O–H groups in total. The summed E-state index contributed by atoms with van der Waals surface area (Å²) in [6, 6.07) is 17.1. The van der Waals surface area contributed by atoms with Crippen LogP contribution in [-0.2, 0) is 6.54 Å². The van der Waals surface area contributed by atoms with Gasteiger partial charge in [0, 0.05) is 30.7 Å². The first-order chi connectivity index (χ1) is 12.6. The van der Waals surface area contributed by atoms with Gasteiger partial charge in [-0.25, -0.2) is 4.98 Å². The van der Waals surface area contributed by atoms with Crippen molar-refractivity contribution in [2.75, 3.05) is 13.1 Å². The Hall–Kier alpha value is -1.55. The van der Waals surface area contributed by atoms with E-state index < -0.39 is 0 Å². The van der Waals surface area contributed by atoms with E-state index >= 15 is 0 Å². The van der Waals surface area contributed by atoms with Gasteiger partial charge in [-0.05, 0) is 43.5 Å². The zero-order valence-electron chi connectivity index (χ0n) is 14.9. The number of piperidine rings is 1. The maximum absolute atomic E-state index is 6.45. The highest BCUT2D eigenvalue weighted by atomic mass is 35.5. The normalized spacial score (nSPS) is 17.7. The fourth-order valence-electron chi connectivity index (χ4n) is 3.93. The summed E-state index contributed by atoms with van der Waals surface area (Å²) < 4.78 is 2.35. The Morgan fingerprint density at radius 3 is 2.54 bits per heavy atom. The highest BCUT2D eigenvalue weighted by Gasteiger charge is 2.26. The zero-order valence-corrected chi connectivity index (χ0v) is 16.4. The number of likely N-dealkylation sites (tertiary alicyclic amines) is 1. The van der Waals surface area contributed by atoms with Crippen LogP contribution in [0.2, 0.25) is 5.02 Å². The van der Waals surface area contributed by atoms with E-state index in [1.165, 1.54) is 5.56 Å². The third-order valence-corrected chi connectivity index (χ3v) is 5.64. The number of hydrogen-bond acceptors (Lipinski definition) is 2. The molecule has 0 aliphatic carbocycles. The van der Waals surface area contributed by atoms with E-state index in [1.54, 1.807) is 0 Å². The van der Waals surface area contributed by atoms with E-state index in [1.807, 2.05) is 19.1 Å². The zero-order chi connectivity index (χ0) is 18.1. The average Bonchev–Trinajstić information content (AvgIpc) is 3.02. The Balaban J connectivity index is 1.54. The largest absolute Gasteiger partial charge is 0.324 e. The van der Waals surface area contributed by atoms with Gasteiger partial charge in [0.2, 0.25) is 0 Å². The highest BCUT2D eigenvalue weighted by molar-refractivity contribution is 6.31. The summed E-state index contributed by atoms with van der Waals surface area (Å²) in [4.78, 5) is 7.30. The number of halogens is 2. The van der Waals surface area contributed by atoms with Crippen molar-refractivity contribution >= 4 is 34.2 Å². The molecular formula is C21H23Cl2N3. The molecule has 0 amide bonds. The number of fused-ring (bicyclic) bond motifs is 1. The van der Waals surface area contributed by atoms with Crippen LogP contribution >= 0.6 is 23.2 Å². The van der Waals surface area contributed by atoms with E-state index in [2.05, 4.69) is 45.9 Å². The monoisotopic (exact) mass is 387 g/mol. The number of benzene rings is 2. The van der Waals surface area contributed by atoms with Crippen LogP contribution in [0.3, 0.4) is 0 Å². The van der Waals surface area contributed by atoms with Gasteiger partial charge in [-0.1, -0.05) is 41.9 Å². The molecule has 1 aromatic heterocycles. The molecule has 0 saturated carbocycles. The van der Waals surface area contributed by atoms with Gasteiger partial charge in [-0.15, -0.1) is 11.6 Å². The summed E-state index contributed by atoms with van der Waals surface area (Å²) in [5, 5.41) is 0.595. The fraction of sp³-hybridized carbons (Fsp3) is 0.381. The molecule has 1 aliphatic rings. The molecule has 136 valence electrons. The lowest BCUT2D eigenvalue weighted by atomic mass is 10.0. The van der Waals surface area contributed by atoms with E-state index in [-0.39, 0.29) is 5.38 Å². The third kappa shape index (κ3) is 3.62. The molecule has 3 aromatic rings. The summed E-state index contributed by atoms with van der Waals surface area (Å²) >= 11 is 12.6. The summed E-state index contributed by atoms with van der Waals surface area (Å²) in [6.07, 6.45) is 2.22. The van der Waals surface area contributed by atoms with Crippen molar-refractivity contribution in [3.8, 4) is 0 Å². The predicted molar refractivity (Wildman–Crippen MR) is 109 cm³/mol. The molecule has 5 heteroatoms. The maximum atomic E-state index is 6.45. The molecule has 0 radical (unpaired) electrons. The van der Waals surface area contributed by atoms with Crippen LogP contribution in [0.25, 0.3) is 11.0 Å². The molecule has 1 saturated heterocycles. The number of alkyl halides is 1. The molecule has 0 bridgehead atoms. The molecule has 2 aromatic carbocycles. The van der Waals surface area contributed by atoms with Crippen LogP contribution in [0, 0.1) is 0 Å². The molecular weight excluding hydrogens is 365 g/mol. The number of aromatic nitrogens is 2. The molecule has 1 fully saturated rings. The second-order valence-electron chi connectivity index (χ2n) is 7.08. The quantitative estimate of drug-likeness (QED) is 0.525. The van der Waals surface area contributed by atoms with E-state index in [0.29, 0.717) is 11.1 Å². The second-order valence-corrected chi connectivity index (χ2v) is 8.17. The molecule has 1 aliphatic heterocycles. The lowest BCUT2D eigenvalue weighted by Gasteiger charge is -2.34. The summed E-state index contributed by atoms with van der Waals surface area (Å²) in [5.74, 6) is 0.949. The Bertz CT molecular complexity index is 881. The predicted octanol–water partition coefficient (Wildman–Crippen LogP) is 5.83. The Morgan fingerprint density at radius 2 is 1.85 bits per heavy atom. The second kappa shape index (κ2) is 7.59. The van der Waals surface area contributed by atoms with E-state index in [4.69, 9.17) is 28.2 Å². The van der Waals surface area contributed by atoms with Crippen molar-refractivity contribution in [3.05, 3.63) is 64.9 Å². The molecule has 26 heavy (non-hydrogen) atoms. The first-order valence-electron chi connectivity index (χ1n) is 9.19. The van der Waals surface area contributed by atoms with Crippen molar-refractivity contribution in [2.45, 2.75) is 37.7 Å². The number of nitrogens with zero attached hydrogens (tertiary/aromatic N) is 3. The van der Waals surface area contributed by atoms with E-state index in [9.17, 15) is 0 Å². The summed E-state index contributed by atoms with van der Waals surface area (Å²) in [6.45, 7) is 5.18. The number of rotatable bonds is 4. The van der Waals surface area contributed by atoms with E-state index in [0.717, 1.165) is 49.3 Å². The minimum atomic E-state index is -0.122. The van der Waals surface area contributed by atoms with Crippen molar-refractivity contribution in [1.82, 2.24) is 14.5 Å². The standard InChI is InChI=1S/C21H23Cl2N3/c1-15(22)21-24-19-13-17(23)7-8-20(19)26(21)18-9-11-25(12-10-18)14-16-5-3-2-4-6-16/h2-8,13,15,18H,9-12,14H2,1H3. The van der Waals surface area contributed by atoms with Crippen LogP contribution in [0.4, 0.5) is 0 Å². The maximum Gasteiger partial charge on any atom is 0.127 e. The van der Waals surface area contributed by atoms with Gasteiger partial charge in [0.1, 0.15) is 5.82 Å². The van der Waals surface area contributed by atoms with Gasteiger partial charge in [0.25, 0.3) is 0 Å². The molecule has 1 unspecified atom stereocenters. The smallest absolute Gasteiger partial charge is 0.127 e. The highest BCUT2D eigenvalue weighted by Crippen LogP contribution is 2.34. The Morgan fingerprint density at radius 1 is 1.12 bits per heavy atom. The Kier molecular flexibility index (Phi) is 5.21. The van der Waals surface area contributed by atoms with Crippen LogP contribution in [-0.4, -0.2) is 27.5 Å². The van der Waals surface area contributed by atoms with Crippen LogP contribution < -0.4 is 0 Å². The van der Waals surface area contributed by atoms with Crippen molar-refractivity contribution in [1.29, 1.82) is 0 Å². The van der Waals surface area contributed by atoms with Gasteiger partial charge < -0.3 is 4.57 Å². The van der Waals surface area contributed by atoms with Crippen molar-refractivity contribution in [3.63, 3.8) is 0 Å². The van der Waals surface area contributed by atoms with Crippen LogP contribution in [0.1, 0.15) is 42.6 Å². The van der Waals surface area contributed by atoms with Gasteiger partial charge in [-0.3, -0.25) is 4.90 Å². The first kappa shape index (κ1) is 17.8. The Labute approximate surface area is 164 Å². The van der Waals surface area contributed by atoms with Crippen LogP contribution in [0.5, 0.6) is 0 Å². The summed E-state index contributed by atoms with van der Waals surface area (Å²) in [5.41, 5.74) is 3.45. The average molecular weight is 388 g/mol. The lowest BCUT2D eigenvalue weighted by molar-refractivity contribution is 0.180. The van der Waals surface area contributed by atoms with Gasteiger partial charge in [-0.2, -0.15) is 0 Å². The minimum Gasteiger partial charge on any atom is -0.324 e. The van der Waals surface area contributed by atoms with Crippen molar-refractivity contribution < 1.29 is 0 Å². The minimum absolute atomic E-state index is 0.122. The lowest BCUT2D eigenvalue weighted by Crippen LogP contribution is -2.34. The number of imidazole rings is 1. The topological polar surface area (TPSA) is 21.1 Å². The molecule has 2 heterocycles. The molecule has 4 rings (SSSR count). The van der Waals surface area contributed by atoms with Crippen LogP contribution in [0.15, 0.2) is 48.5 Å². The van der Waals surface area contributed by atoms with Gasteiger partial charge in [0.15, 0.2) is 0 Å². The molecule has 1 atom stereocenters. The van der Waals surface area contributed by atoms with Gasteiger partial charge >= 0.3 is 0 Å². The first-order valence-corrected chi connectivity index (χ1v) is 10.0. The summed E-state index contributed by atoms with van der Waals surface area (Å²) in [7, 11) is 0. The van der Waals surface area contributed by atoms with Crippen molar-refractivity contribution in [2.24, 2.45) is 0 Å². The van der Waals surface area contributed by atoms with Gasteiger partial charge in [0.05, 0.1) is 16.4 Å². The third-order valence-electron chi connectivity index (χ3n) is 5.21.